The van der Waals surface area contributed by atoms with E-state index in [9.17, 15) is 0 Å². The molecule has 0 radical (unpaired) electrons. The Hall–Kier alpha value is -2.19. The highest BCUT2D eigenvalue weighted by Crippen LogP contribution is 2.46. The lowest BCUT2D eigenvalue weighted by atomic mass is 9.93. The Bertz CT molecular complexity index is 993. The average Bonchev–Trinajstić information content (AvgIpc) is 2.99. The van der Waals surface area contributed by atoms with Crippen LogP contribution in [0.2, 0.25) is 25.7 Å². The van der Waals surface area contributed by atoms with Crippen LogP contribution in [0.25, 0.3) is 0 Å². The Balaban J connectivity index is 1.67. The first kappa shape index (κ1) is 24.9. The van der Waals surface area contributed by atoms with Crippen molar-refractivity contribution < 1.29 is 14.2 Å². The van der Waals surface area contributed by atoms with Crippen molar-refractivity contribution in [3.05, 3.63) is 69.8 Å². The van der Waals surface area contributed by atoms with Crippen molar-refractivity contribution in [2.75, 3.05) is 47.1 Å². The van der Waals surface area contributed by atoms with Crippen LogP contribution in [0, 0.1) is 0 Å². The number of fused-ring (bicyclic) bond motifs is 3. The highest BCUT2D eigenvalue weighted by Gasteiger charge is 2.38. The summed E-state index contributed by atoms with van der Waals surface area (Å²) in [7, 11) is 3.03. The van der Waals surface area contributed by atoms with Gasteiger partial charge in [0.1, 0.15) is 18.5 Å². The molecule has 0 saturated carbocycles. The van der Waals surface area contributed by atoms with Crippen LogP contribution >= 0.6 is 0 Å². The van der Waals surface area contributed by atoms with Crippen LogP contribution in [0.15, 0.2) is 74.8 Å². The zero-order valence-corrected chi connectivity index (χ0v) is 22.3. The minimum atomic E-state index is -1.16. The van der Waals surface area contributed by atoms with Crippen molar-refractivity contribution in [2.24, 2.45) is 4.99 Å². The van der Waals surface area contributed by atoms with E-state index in [4.69, 9.17) is 14.2 Å². The maximum Gasteiger partial charge on any atom is 0.135 e. The van der Waals surface area contributed by atoms with E-state index in [1.165, 1.54) is 5.57 Å². The van der Waals surface area contributed by atoms with Gasteiger partial charge >= 0.3 is 0 Å². The summed E-state index contributed by atoms with van der Waals surface area (Å²) < 4.78 is 19.0. The third-order valence-electron chi connectivity index (χ3n) is 6.29. The topological polar surface area (TPSA) is 55.3 Å². The van der Waals surface area contributed by atoms with Crippen molar-refractivity contribution >= 4 is 14.4 Å². The molecule has 2 aliphatic heterocycles. The minimum absolute atomic E-state index is 0.173. The van der Waals surface area contributed by atoms with Gasteiger partial charge in [0.2, 0.25) is 0 Å². The van der Waals surface area contributed by atoms with E-state index in [2.05, 4.69) is 73.2 Å². The molecule has 2 aliphatic carbocycles. The van der Waals surface area contributed by atoms with Gasteiger partial charge in [0.05, 0.1) is 18.6 Å². The maximum atomic E-state index is 6.57. The number of allylic oxidation sites excluding steroid dienone is 5. The number of hydrogen-bond donors (Lipinski definition) is 1. The molecule has 0 aromatic heterocycles. The molecule has 184 valence electrons. The first-order chi connectivity index (χ1) is 16.3. The van der Waals surface area contributed by atoms with Gasteiger partial charge in [-0.1, -0.05) is 37.9 Å². The molecule has 4 rings (SSSR count). The fourth-order valence-electron chi connectivity index (χ4n) is 4.51. The highest BCUT2D eigenvalue weighted by atomic mass is 28.3. The molecule has 0 aromatic carbocycles. The molecule has 1 unspecified atom stereocenters. The number of nitrogens with one attached hydrogen (secondary N) is 1. The zero-order chi connectivity index (χ0) is 24.1. The summed E-state index contributed by atoms with van der Waals surface area (Å²) in [6.07, 6.45) is 14.0. The summed E-state index contributed by atoms with van der Waals surface area (Å²) in [5.41, 5.74) is 6.84. The van der Waals surface area contributed by atoms with Gasteiger partial charge in [0.25, 0.3) is 0 Å². The molecule has 0 saturated heterocycles. The van der Waals surface area contributed by atoms with Gasteiger partial charge < -0.3 is 24.4 Å². The van der Waals surface area contributed by atoms with Gasteiger partial charge in [0, 0.05) is 49.8 Å². The Morgan fingerprint density at radius 1 is 1.15 bits per heavy atom. The second kappa shape index (κ2) is 11.0. The standard InChI is InChI=1S/C27H39N3O3Si/c1-30(2)12-8-14-32-23(18-31-15-16-34(3,4)5)24-21-11-7-13-33-27(21)22-10-6-9-20-17-28-19-29-26(20)25(22)24/h6-7,10-11,17,19,23H,8-9,12-16,18H2,1-5H3,(H,28,29). The van der Waals surface area contributed by atoms with Crippen molar-refractivity contribution in [3.8, 4) is 0 Å². The maximum absolute atomic E-state index is 6.57. The highest BCUT2D eigenvalue weighted by molar-refractivity contribution is 6.76. The van der Waals surface area contributed by atoms with Crippen LogP contribution in [0.3, 0.4) is 0 Å². The summed E-state index contributed by atoms with van der Waals surface area (Å²) in [5, 5.41) is 3.43. The van der Waals surface area contributed by atoms with Crippen molar-refractivity contribution in [1.29, 1.82) is 0 Å². The van der Waals surface area contributed by atoms with Crippen molar-refractivity contribution in [3.63, 3.8) is 0 Å². The summed E-state index contributed by atoms with van der Waals surface area (Å²) in [4.78, 5) is 6.53. The molecular formula is C27H39N3O3Si. The molecule has 0 spiro atoms. The molecule has 0 aromatic rings. The van der Waals surface area contributed by atoms with Crippen LogP contribution in [-0.4, -0.2) is 72.5 Å². The van der Waals surface area contributed by atoms with Gasteiger partial charge in [-0.2, -0.15) is 0 Å². The third-order valence-corrected chi connectivity index (χ3v) is 7.99. The third kappa shape index (κ3) is 5.89. The minimum Gasteiger partial charge on any atom is -0.488 e. The smallest absolute Gasteiger partial charge is 0.135 e. The Labute approximate surface area is 205 Å². The van der Waals surface area contributed by atoms with Crippen molar-refractivity contribution in [1.82, 2.24) is 10.2 Å². The lowest BCUT2D eigenvalue weighted by Crippen LogP contribution is -2.29. The second-order valence-electron chi connectivity index (χ2n) is 10.6. The predicted octanol–water partition coefficient (Wildman–Crippen LogP) is 4.56. The van der Waals surface area contributed by atoms with E-state index in [0.29, 0.717) is 19.8 Å². The molecule has 4 aliphatic rings. The molecule has 7 heteroatoms. The number of hydrogen-bond acceptors (Lipinski definition) is 6. The van der Waals surface area contributed by atoms with E-state index in [1.54, 1.807) is 6.34 Å². The first-order valence-electron chi connectivity index (χ1n) is 12.4. The normalized spacial score (nSPS) is 20.1. The van der Waals surface area contributed by atoms with E-state index in [0.717, 1.165) is 65.8 Å². The molecule has 1 atom stereocenters. The monoisotopic (exact) mass is 481 g/mol. The van der Waals surface area contributed by atoms with Gasteiger partial charge in [-0.05, 0) is 51.2 Å². The quantitative estimate of drug-likeness (QED) is 0.346. The second-order valence-corrected chi connectivity index (χ2v) is 16.2. The number of aliphatic imine (C=N–C) groups is 1. The van der Waals surface area contributed by atoms with E-state index in [1.807, 2.05) is 6.20 Å². The van der Waals surface area contributed by atoms with Crippen LogP contribution in [0.5, 0.6) is 0 Å². The van der Waals surface area contributed by atoms with Gasteiger partial charge in [-0.15, -0.1) is 0 Å². The summed E-state index contributed by atoms with van der Waals surface area (Å²) >= 11 is 0. The SMILES string of the molecule is CN(C)CCCOC(COCC[Si](C)(C)C)C1=C2C=CCOC2=C2C=CCC3=CN=CNC3=C21. The lowest BCUT2D eigenvalue weighted by molar-refractivity contribution is 0.00456. The fourth-order valence-corrected chi connectivity index (χ4v) is 5.27. The molecule has 0 bridgehead atoms. The fraction of sp³-hybridized carbons (Fsp3) is 0.519. The largest absolute Gasteiger partial charge is 0.488 e. The molecule has 0 fully saturated rings. The molecular weight excluding hydrogens is 442 g/mol. The van der Waals surface area contributed by atoms with E-state index >= 15 is 0 Å². The lowest BCUT2D eigenvalue weighted by Gasteiger charge is -2.26. The van der Waals surface area contributed by atoms with E-state index in [-0.39, 0.29) is 6.10 Å². The summed E-state index contributed by atoms with van der Waals surface area (Å²) in [5.74, 6) is 0.950. The van der Waals surface area contributed by atoms with E-state index < -0.39 is 8.07 Å². The first-order valence-corrected chi connectivity index (χ1v) is 16.1. The average molecular weight is 482 g/mol. The number of rotatable bonds is 11. The molecule has 6 nitrogen and oxygen atoms in total. The number of nitrogens with zero attached hydrogens (tertiary/aromatic N) is 2. The Morgan fingerprint density at radius 2 is 1.97 bits per heavy atom. The van der Waals surface area contributed by atoms with Crippen LogP contribution in [-0.2, 0) is 14.2 Å². The van der Waals surface area contributed by atoms with Crippen LogP contribution < -0.4 is 5.32 Å². The Morgan fingerprint density at radius 3 is 2.76 bits per heavy atom. The van der Waals surface area contributed by atoms with Crippen molar-refractivity contribution in [2.45, 2.75) is 44.6 Å². The van der Waals surface area contributed by atoms with Gasteiger partial charge in [0.15, 0.2) is 0 Å². The summed E-state index contributed by atoms with van der Waals surface area (Å²) in [6.45, 7) is 10.7. The predicted molar refractivity (Wildman–Crippen MR) is 142 cm³/mol. The Kier molecular flexibility index (Phi) is 8.09. The van der Waals surface area contributed by atoms with Gasteiger partial charge in [-0.25, -0.2) is 4.99 Å². The molecule has 2 heterocycles. The van der Waals surface area contributed by atoms with Crippen LogP contribution in [0.4, 0.5) is 0 Å². The molecule has 0 amide bonds. The summed E-state index contributed by atoms with van der Waals surface area (Å²) in [6, 6.07) is 1.14. The number of ether oxygens (including phenoxy) is 3. The van der Waals surface area contributed by atoms with Gasteiger partial charge in [-0.3, -0.25) is 0 Å². The zero-order valence-electron chi connectivity index (χ0n) is 21.3. The molecule has 34 heavy (non-hydrogen) atoms. The molecule has 1 N–H and O–H groups in total. The van der Waals surface area contributed by atoms with Crippen LogP contribution in [0.1, 0.15) is 12.8 Å².